The van der Waals surface area contributed by atoms with Crippen molar-refractivity contribution in [3.8, 4) is 0 Å². The molecule has 0 bridgehead atoms. The van der Waals surface area contributed by atoms with E-state index in [1.807, 2.05) is 22.6 Å². The van der Waals surface area contributed by atoms with E-state index in [4.69, 9.17) is 27.6 Å². The Hall–Kier alpha value is -0.720. The van der Waals surface area contributed by atoms with E-state index in [1.54, 1.807) is 30.3 Å². The van der Waals surface area contributed by atoms with E-state index >= 15 is 0 Å². The first-order chi connectivity index (χ1) is 8.08. The number of carbonyl (C=O) groups is 1. The summed E-state index contributed by atoms with van der Waals surface area (Å²) in [7, 11) is 0. The van der Waals surface area contributed by atoms with Crippen LogP contribution in [-0.2, 0) is 0 Å². The molecule has 1 amide bonds. The Morgan fingerprint density at radius 3 is 2.65 bits per heavy atom. The summed E-state index contributed by atoms with van der Waals surface area (Å²) in [6.07, 6.45) is 0. The van der Waals surface area contributed by atoms with Crippen LogP contribution in [0.3, 0.4) is 0 Å². The van der Waals surface area contributed by atoms with Crippen LogP contribution in [0.4, 0.5) is 5.69 Å². The van der Waals surface area contributed by atoms with Crippen molar-refractivity contribution < 1.29 is 9.21 Å². The van der Waals surface area contributed by atoms with Gasteiger partial charge < -0.3 is 9.73 Å². The SMILES string of the molecule is O=C(Nc1cccc(Cl)c1Cl)c1ccc(I)o1. The first-order valence-electron chi connectivity index (χ1n) is 4.58. The first kappa shape index (κ1) is 12.7. The van der Waals surface area contributed by atoms with Gasteiger partial charge in [0.2, 0.25) is 0 Å². The molecule has 2 aromatic rings. The molecule has 0 saturated heterocycles. The molecule has 17 heavy (non-hydrogen) atoms. The molecular formula is C11H6Cl2INO2. The number of anilines is 1. The molecule has 0 saturated carbocycles. The fourth-order valence-electron chi connectivity index (χ4n) is 1.22. The van der Waals surface area contributed by atoms with E-state index in [1.165, 1.54) is 0 Å². The zero-order valence-corrected chi connectivity index (χ0v) is 12.0. The minimum Gasteiger partial charge on any atom is -0.445 e. The molecule has 0 aliphatic carbocycles. The fraction of sp³-hybridized carbons (Fsp3) is 0. The Morgan fingerprint density at radius 1 is 1.24 bits per heavy atom. The molecular weight excluding hydrogens is 376 g/mol. The standard InChI is InChI=1S/C11H6Cl2INO2/c12-6-2-1-3-7(10(6)13)15-11(16)8-4-5-9(14)17-8/h1-5H,(H,15,16). The average Bonchev–Trinajstić information content (AvgIpc) is 2.72. The number of hydrogen-bond donors (Lipinski definition) is 1. The second-order valence-corrected chi connectivity index (χ2v) is 5.01. The lowest BCUT2D eigenvalue weighted by Gasteiger charge is -2.06. The van der Waals surface area contributed by atoms with E-state index in [9.17, 15) is 4.79 Å². The number of benzene rings is 1. The van der Waals surface area contributed by atoms with Gasteiger partial charge in [-0.2, -0.15) is 0 Å². The fourth-order valence-corrected chi connectivity index (χ4v) is 1.99. The van der Waals surface area contributed by atoms with Gasteiger partial charge in [-0.05, 0) is 46.9 Å². The van der Waals surface area contributed by atoms with Crippen molar-refractivity contribution >= 4 is 57.4 Å². The summed E-state index contributed by atoms with van der Waals surface area (Å²) >= 11 is 13.8. The third-order valence-electron chi connectivity index (χ3n) is 2.00. The van der Waals surface area contributed by atoms with Crippen molar-refractivity contribution in [2.24, 2.45) is 0 Å². The predicted octanol–water partition coefficient (Wildman–Crippen LogP) is 4.44. The zero-order valence-electron chi connectivity index (χ0n) is 8.34. The second-order valence-electron chi connectivity index (χ2n) is 3.16. The molecule has 0 fully saturated rings. The van der Waals surface area contributed by atoms with Crippen LogP contribution in [-0.4, -0.2) is 5.91 Å². The third-order valence-corrected chi connectivity index (χ3v) is 3.40. The summed E-state index contributed by atoms with van der Waals surface area (Å²) in [4.78, 5) is 11.8. The van der Waals surface area contributed by atoms with E-state index in [0.29, 0.717) is 19.5 Å². The van der Waals surface area contributed by atoms with Gasteiger partial charge in [0.25, 0.3) is 5.91 Å². The molecule has 88 valence electrons. The summed E-state index contributed by atoms with van der Waals surface area (Å²) in [5.74, 6) is -0.137. The Morgan fingerprint density at radius 2 is 2.00 bits per heavy atom. The number of carbonyl (C=O) groups excluding carboxylic acids is 1. The van der Waals surface area contributed by atoms with Gasteiger partial charge >= 0.3 is 0 Å². The van der Waals surface area contributed by atoms with Gasteiger partial charge in [-0.1, -0.05) is 29.3 Å². The first-order valence-corrected chi connectivity index (χ1v) is 6.42. The van der Waals surface area contributed by atoms with Crippen LogP contribution < -0.4 is 5.32 Å². The van der Waals surface area contributed by atoms with Crippen molar-refractivity contribution in [2.45, 2.75) is 0 Å². The summed E-state index contributed by atoms with van der Waals surface area (Å²) in [6.45, 7) is 0. The van der Waals surface area contributed by atoms with Crippen LogP contribution in [0.15, 0.2) is 34.7 Å². The average molecular weight is 382 g/mol. The van der Waals surface area contributed by atoms with Gasteiger partial charge in [0.15, 0.2) is 9.53 Å². The molecule has 0 radical (unpaired) electrons. The lowest BCUT2D eigenvalue weighted by atomic mass is 10.3. The number of halogens is 3. The van der Waals surface area contributed by atoms with Crippen molar-refractivity contribution in [2.75, 3.05) is 5.32 Å². The quantitative estimate of drug-likeness (QED) is 0.781. The highest BCUT2D eigenvalue weighted by molar-refractivity contribution is 14.1. The van der Waals surface area contributed by atoms with E-state index in [-0.39, 0.29) is 11.7 Å². The normalized spacial score (nSPS) is 10.3. The largest absolute Gasteiger partial charge is 0.445 e. The summed E-state index contributed by atoms with van der Waals surface area (Å²) in [6, 6.07) is 8.32. The van der Waals surface area contributed by atoms with E-state index in [0.717, 1.165) is 0 Å². The number of furan rings is 1. The van der Waals surface area contributed by atoms with Gasteiger partial charge in [-0.25, -0.2) is 0 Å². The highest BCUT2D eigenvalue weighted by atomic mass is 127. The highest BCUT2D eigenvalue weighted by Crippen LogP contribution is 2.29. The third kappa shape index (κ3) is 2.94. The minimum absolute atomic E-state index is 0.227. The maximum Gasteiger partial charge on any atom is 0.291 e. The molecule has 0 aliphatic heterocycles. The van der Waals surface area contributed by atoms with Crippen molar-refractivity contribution in [1.82, 2.24) is 0 Å². The Labute approximate surface area is 121 Å². The lowest BCUT2D eigenvalue weighted by molar-refractivity contribution is 0.0995. The Balaban J connectivity index is 2.21. The van der Waals surface area contributed by atoms with Gasteiger partial charge in [-0.15, -0.1) is 0 Å². The maximum atomic E-state index is 11.8. The molecule has 3 nitrogen and oxygen atoms in total. The zero-order chi connectivity index (χ0) is 12.4. The molecule has 1 heterocycles. The van der Waals surface area contributed by atoms with Crippen LogP contribution in [0.1, 0.15) is 10.6 Å². The van der Waals surface area contributed by atoms with Crippen molar-refractivity contribution in [1.29, 1.82) is 0 Å². The number of hydrogen-bond acceptors (Lipinski definition) is 2. The van der Waals surface area contributed by atoms with Crippen LogP contribution in [0, 0.1) is 3.77 Å². The number of amides is 1. The van der Waals surface area contributed by atoms with Gasteiger partial charge in [0, 0.05) is 0 Å². The van der Waals surface area contributed by atoms with Crippen LogP contribution in [0.25, 0.3) is 0 Å². The Kier molecular flexibility index (Phi) is 3.96. The van der Waals surface area contributed by atoms with Crippen LogP contribution in [0.2, 0.25) is 10.0 Å². The summed E-state index contributed by atoms with van der Waals surface area (Å²) in [5, 5.41) is 3.32. The molecule has 0 unspecified atom stereocenters. The van der Waals surface area contributed by atoms with E-state index < -0.39 is 0 Å². The summed E-state index contributed by atoms with van der Waals surface area (Å²) < 4.78 is 5.83. The van der Waals surface area contributed by atoms with Crippen molar-refractivity contribution in [3.05, 3.63) is 49.9 Å². The monoisotopic (exact) mass is 381 g/mol. The van der Waals surface area contributed by atoms with Crippen LogP contribution in [0.5, 0.6) is 0 Å². The second kappa shape index (κ2) is 5.29. The molecule has 2 rings (SSSR count). The summed E-state index contributed by atoms with van der Waals surface area (Å²) in [5.41, 5.74) is 0.454. The van der Waals surface area contributed by atoms with Crippen molar-refractivity contribution in [3.63, 3.8) is 0 Å². The lowest BCUT2D eigenvalue weighted by Crippen LogP contribution is -2.11. The van der Waals surface area contributed by atoms with Crippen LogP contribution >= 0.6 is 45.8 Å². The smallest absolute Gasteiger partial charge is 0.291 e. The molecule has 6 heteroatoms. The highest BCUT2D eigenvalue weighted by Gasteiger charge is 2.13. The minimum atomic E-state index is -0.364. The molecule has 1 aromatic carbocycles. The molecule has 0 aliphatic rings. The van der Waals surface area contributed by atoms with Gasteiger partial charge in [0.1, 0.15) is 0 Å². The Bertz CT molecular complexity index is 568. The van der Waals surface area contributed by atoms with Gasteiger partial charge in [-0.3, -0.25) is 4.79 Å². The van der Waals surface area contributed by atoms with E-state index in [2.05, 4.69) is 5.32 Å². The maximum absolute atomic E-state index is 11.8. The predicted molar refractivity (Wildman–Crippen MR) is 75.8 cm³/mol. The molecule has 1 N–H and O–H groups in total. The molecule has 0 atom stereocenters. The number of rotatable bonds is 2. The van der Waals surface area contributed by atoms with Gasteiger partial charge in [0.05, 0.1) is 15.7 Å². The number of nitrogens with one attached hydrogen (secondary N) is 1. The topological polar surface area (TPSA) is 42.2 Å². The molecule has 0 spiro atoms. The molecule has 1 aromatic heterocycles.